The average molecular weight is 742 g/mol. The van der Waals surface area contributed by atoms with Crippen LogP contribution in [0.5, 0.6) is 0 Å². The third-order valence-corrected chi connectivity index (χ3v) is 8.61. The highest BCUT2D eigenvalue weighted by Gasteiger charge is 2.10. The first-order valence-electron chi connectivity index (χ1n) is 14.2. The van der Waals surface area contributed by atoms with E-state index in [0.717, 1.165) is 16.7 Å². The Morgan fingerprint density at radius 2 is 1.04 bits per heavy atom. The summed E-state index contributed by atoms with van der Waals surface area (Å²) in [4.78, 5) is 56.4. The van der Waals surface area contributed by atoms with Crippen LogP contribution in [0.4, 0.5) is 5.82 Å². The van der Waals surface area contributed by atoms with Gasteiger partial charge in [0.05, 0.1) is 17.1 Å². The van der Waals surface area contributed by atoms with E-state index in [-0.39, 0.29) is 22.1 Å². The second-order valence-corrected chi connectivity index (χ2v) is 11.7. The molecule has 0 radical (unpaired) electrons. The van der Waals surface area contributed by atoms with Crippen molar-refractivity contribution in [2.75, 3.05) is 5.43 Å². The van der Waals surface area contributed by atoms with Gasteiger partial charge >= 0.3 is 11.1 Å². The van der Waals surface area contributed by atoms with Gasteiger partial charge in [0.1, 0.15) is 0 Å². The van der Waals surface area contributed by atoms with Crippen molar-refractivity contribution in [3.8, 4) is 17.1 Å². The molecule has 0 amide bonds. The molecular formula is C33H28Cl4N8O4. The number of hydrogen-bond acceptors (Lipinski definition) is 8. The van der Waals surface area contributed by atoms with E-state index in [0.29, 0.717) is 32.1 Å². The van der Waals surface area contributed by atoms with E-state index >= 15 is 0 Å². The molecule has 6 rings (SSSR count). The summed E-state index contributed by atoms with van der Waals surface area (Å²) >= 11 is 23.6. The van der Waals surface area contributed by atoms with E-state index in [4.69, 9.17) is 52.2 Å². The van der Waals surface area contributed by atoms with Crippen LogP contribution in [0.3, 0.4) is 0 Å². The number of hydrazine groups is 1. The van der Waals surface area contributed by atoms with Crippen LogP contribution in [0.1, 0.15) is 16.7 Å². The molecule has 0 unspecified atom stereocenters. The van der Waals surface area contributed by atoms with Crippen molar-refractivity contribution in [3.63, 3.8) is 0 Å². The number of nitrogens with one attached hydrogen (secondary N) is 2. The Hall–Kier alpha value is -4.98. The summed E-state index contributed by atoms with van der Waals surface area (Å²) < 4.78 is 4.15. The summed E-state index contributed by atoms with van der Waals surface area (Å²) in [6, 6.07) is 15.9. The maximum absolute atomic E-state index is 12.0. The molecule has 49 heavy (non-hydrogen) atoms. The number of hydrogen-bond donors (Lipinski definition) is 3. The Labute approximate surface area is 298 Å². The van der Waals surface area contributed by atoms with E-state index in [2.05, 4.69) is 20.4 Å². The molecule has 252 valence electrons. The summed E-state index contributed by atoms with van der Waals surface area (Å²) in [5.74, 6) is 5.30. The summed E-state index contributed by atoms with van der Waals surface area (Å²) in [6.45, 7) is 5.49. The minimum atomic E-state index is -0.651. The quantitative estimate of drug-likeness (QED) is 0.116. The molecule has 0 atom stereocenters. The highest BCUT2D eigenvalue weighted by Crippen LogP contribution is 2.23. The van der Waals surface area contributed by atoms with Gasteiger partial charge in [0.25, 0.3) is 11.1 Å². The number of H-pyrrole nitrogens is 1. The van der Waals surface area contributed by atoms with Gasteiger partial charge in [-0.05, 0) is 73.9 Å². The first-order valence-corrected chi connectivity index (χ1v) is 15.7. The van der Waals surface area contributed by atoms with Crippen molar-refractivity contribution in [2.24, 2.45) is 5.84 Å². The number of aromatic amines is 1. The fraction of sp³-hybridized carbons (Fsp3) is 0.0909. The molecule has 0 saturated carbocycles. The molecule has 0 aliphatic carbocycles. The lowest BCUT2D eigenvalue weighted by atomic mass is 10.2. The molecule has 0 spiro atoms. The third-order valence-electron chi connectivity index (χ3n) is 7.12. The topological polar surface area (TPSA) is 163 Å². The smallest absolute Gasteiger partial charge is 0.320 e. The molecule has 3 aromatic heterocycles. The second-order valence-electron chi connectivity index (χ2n) is 10.1. The number of benzene rings is 3. The van der Waals surface area contributed by atoms with Crippen molar-refractivity contribution in [2.45, 2.75) is 20.8 Å². The van der Waals surface area contributed by atoms with Crippen LogP contribution in [0, 0.1) is 20.8 Å². The van der Waals surface area contributed by atoms with Gasteiger partial charge in [0, 0.05) is 52.2 Å². The van der Waals surface area contributed by atoms with E-state index in [9.17, 15) is 19.2 Å². The van der Waals surface area contributed by atoms with Crippen LogP contribution < -0.4 is 33.5 Å². The van der Waals surface area contributed by atoms with Gasteiger partial charge in [0.2, 0.25) is 5.82 Å². The molecule has 3 heterocycles. The third kappa shape index (κ3) is 8.37. The van der Waals surface area contributed by atoms with Crippen molar-refractivity contribution < 1.29 is 0 Å². The Balaban J connectivity index is 0.000000166. The van der Waals surface area contributed by atoms with Gasteiger partial charge in [-0.25, -0.2) is 15.8 Å². The van der Waals surface area contributed by atoms with Gasteiger partial charge in [-0.2, -0.15) is 0 Å². The zero-order valence-corrected chi connectivity index (χ0v) is 29.1. The number of nitrogens with zero attached hydrogens (tertiary/aromatic N) is 5. The Morgan fingerprint density at radius 1 is 0.612 bits per heavy atom. The number of halogens is 4. The SMILES string of the molecule is Cc1c(Cl)cccc1-n1cc[nH]c(=O)c1=O.Cc1c(Cl)cccc1-n1ccnc(Cl)c1=O.Cc1c(Cl)cccc1-n1ccnc(NN)c1=O. The molecule has 4 N–H and O–H groups in total. The van der Waals surface area contributed by atoms with Crippen LogP contribution in [-0.4, -0.2) is 28.7 Å². The number of nitrogens with two attached hydrogens (primary N) is 1. The van der Waals surface area contributed by atoms with Crippen molar-refractivity contribution in [3.05, 3.63) is 170 Å². The van der Waals surface area contributed by atoms with Crippen LogP contribution in [0.25, 0.3) is 17.1 Å². The first kappa shape index (κ1) is 36.8. The van der Waals surface area contributed by atoms with Gasteiger partial charge in [-0.15, -0.1) is 0 Å². The Morgan fingerprint density at radius 3 is 1.51 bits per heavy atom. The molecule has 0 aliphatic rings. The summed E-state index contributed by atoms with van der Waals surface area (Å²) in [5, 5.41) is 1.72. The fourth-order valence-corrected chi connectivity index (χ4v) is 5.12. The molecule has 0 bridgehead atoms. The van der Waals surface area contributed by atoms with E-state index in [1.165, 1.54) is 38.5 Å². The van der Waals surface area contributed by atoms with Crippen molar-refractivity contribution in [1.82, 2.24) is 28.7 Å². The van der Waals surface area contributed by atoms with Crippen LogP contribution in [0.15, 0.2) is 111 Å². The predicted molar refractivity (Wildman–Crippen MR) is 194 cm³/mol. The Bertz CT molecular complexity index is 2370. The largest absolute Gasteiger partial charge is 0.323 e. The normalized spacial score (nSPS) is 10.4. The van der Waals surface area contributed by atoms with E-state index < -0.39 is 11.1 Å². The summed E-state index contributed by atoms with van der Waals surface area (Å²) in [6.07, 6.45) is 9.03. The molecule has 0 fully saturated rings. The summed E-state index contributed by atoms with van der Waals surface area (Å²) in [5.41, 5.74) is 4.77. The molecule has 3 aromatic carbocycles. The van der Waals surface area contributed by atoms with Gasteiger partial charge in [-0.1, -0.05) is 64.6 Å². The highest BCUT2D eigenvalue weighted by molar-refractivity contribution is 6.32. The maximum Gasteiger partial charge on any atom is 0.320 e. The standard InChI is InChI=1S/C11H8Cl2N2O.C11H11ClN4O.C11H9ClN2O2/c1-7-8(12)3-2-4-9(7)15-6-5-14-10(13)11(15)16;1-7-8(12)3-2-4-9(7)16-6-5-14-10(15-13)11(16)17;1-7-8(12)3-2-4-9(7)14-6-5-13-10(15)11(14)16/h2-6H,1H3;2-6H,13H2,1H3,(H,14,15);2-6H,1H3,(H,13,15). The summed E-state index contributed by atoms with van der Waals surface area (Å²) in [7, 11) is 0. The van der Waals surface area contributed by atoms with Crippen LogP contribution in [0.2, 0.25) is 20.2 Å². The molecule has 6 aromatic rings. The molecule has 16 heteroatoms. The number of aromatic nitrogens is 6. The molecular weight excluding hydrogens is 714 g/mol. The van der Waals surface area contributed by atoms with E-state index in [1.54, 1.807) is 67.8 Å². The monoisotopic (exact) mass is 740 g/mol. The van der Waals surface area contributed by atoms with Crippen LogP contribution in [-0.2, 0) is 0 Å². The predicted octanol–water partition coefficient (Wildman–Crippen LogP) is 5.82. The van der Waals surface area contributed by atoms with Gasteiger partial charge < -0.3 is 10.4 Å². The lowest BCUT2D eigenvalue weighted by molar-refractivity contribution is 0.920. The first-order chi connectivity index (χ1) is 23.4. The highest BCUT2D eigenvalue weighted by atomic mass is 35.5. The number of nitrogen functional groups attached to an aromatic ring is 1. The molecule has 0 saturated heterocycles. The van der Waals surface area contributed by atoms with Crippen molar-refractivity contribution in [1.29, 1.82) is 0 Å². The zero-order valence-electron chi connectivity index (χ0n) is 26.1. The Kier molecular flexibility index (Phi) is 12.3. The second kappa shape index (κ2) is 16.4. The lowest BCUT2D eigenvalue weighted by Gasteiger charge is -2.10. The average Bonchev–Trinajstić information content (AvgIpc) is 3.09. The number of rotatable bonds is 4. The fourth-order valence-electron chi connectivity index (χ4n) is 4.46. The number of anilines is 1. The lowest BCUT2D eigenvalue weighted by Crippen LogP contribution is -2.34. The van der Waals surface area contributed by atoms with Gasteiger partial charge in [-0.3, -0.25) is 32.9 Å². The maximum atomic E-state index is 12.0. The zero-order chi connectivity index (χ0) is 35.8. The molecule has 0 aliphatic heterocycles. The minimum absolute atomic E-state index is 0.0538. The minimum Gasteiger partial charge on any atom is -0.323 e. The molecule has 12 nitrogen and oxygen atoms in total. The van der Waals surface area contributed by atoms with Crippen molar-refractivity contribution >= 4 is 52.2 Å². The van der Waals surface area contributed by atoms with Gasteiger partial charge in [0.15, 0.2) is 5.15 Å². The van der Waals surface area contributed by atoms with E-state index in [1.807, 2.05) is 19.9 Å². The van der Waals surface area contributed by atoms with Crippen LogP contribution >= 0.6 is 46.4 Å².